The van der Waals surface area contributed by atoms with Gasteiger partial charge < -0.3 is 19.8 Å². The minimum absolute atomic E-state index is 0. The van der Waals surface area contributed by atoms with Gasteiger partial charge in [-0.05, 0) is 30.0 Å². The molecule has 0 bridgehead atoms. The first-order valence-corrected chi connectivity index (χ1v) is 10.2. The second-order valence-electron chi connectivity index (χ2n) is 7.69. The smallest absolute Gasteiger partial charge is 0.191 e. The number of furan rings is 1. The summed E-state index contributed by atoms with van der Waals surface area (Å²) in [4.78, 5) is 6.09. The molecular formula is C20H28IN3O2S. The number of aliphatic imine (C=N–C) groups is 1. The summed E-state index contributed by atoms with van der Waals surface area (Å²) < 4.78 is 11.3. The molecule has 2 fully saturated rings. The standard InChI is InChI=1S/C20H27N3O2S.HI/c1-20(2)17(16-8-11-25-18(16)20)23-19(22-13-15-6-4-12-26-15)21-9-7-14-5-3-10-24-14;/h3-6,10,12,16-18H,7-9,11,13H2,1-2H3,(H2,21,22,23);1H. The van der Waals surface area contributed by atoms with Gasteiger partial charge in [-0.2, -0.15) is 0 Å². The molecule has 3 atom stereocenters. The maximum Gasteiger partial charge on any atom is 0.191 e. The fraction of sp³-hybridized carbons (Fsp3) is 0.550. The van der Waals surface area contributed by atoms with E-state index in [2.05, 4.69) is 42.0 Å². The van der Waals surface area contributed by atoms with Crippen molar-refractivity contribution in [2.75, 3.05) is 13.2 Å². The SMILES string of the molecule is CC1(C)C(NC(=NCc2cccs2)NCCc2ccco2)C2CCOC21.I. The molecule has 7 heteroatoms. The van der Waals surface area contributed by atoms with E-state index >= 15 is 0 Å². The quantitative estimate of drug-likeness (QED) is 0.356. The second kappa shape index (κ2) is 8.96. The van der Waals surface area contributed by atoms with Crippen molar-refractivity contribution in [3.63, 3.8) is 0 Å². The van der Waals surface area contributed by atoms with Gasteiger partial charge in [0.15, 0.2) is 5.96 Å². The topological polar surface area (TPSA) is 58.8 Å². The molecule has 27 heavy (non-hydrogen) atoms. The van der Waals surface area contributed by atoms with E-state index in [4.69, 9.17) is 14.1 Å². The van der Waals surface area contributed by atoms with E-state index in [1.54, 1.807) is 17.6 Å². The number of nitrogens with one attached hydrogen (secondary N) is 2. The molecule has 4 rings (SSSR count). The normalized spacial score (nSPS) is 26.0. The van der Waals surface area contributed by atoms with Crippen LogP contribution in [0.25, 0.3) is 0 Å². The van der Waals surface area contributed by atoms with Gasteiger partial charge in [-0.3, -0.25) is 0 Å². The van der Waals surface area contributed by atoms with Crippen LogP contribution in [0.5, 0.6) is 0 Å². The fourth-order valence-corrected chi connectivity index (χ4v) is 4.86. The average molecular weight is 501 g/mol. The van der Waals surface area contributed by atoms with E-state index < -0.39 is 0 Å². The molecular weight excluding hydrogens is 473 g/mol. The Balaban J connectivity index is 0.00000210. The van der Waals surface area contributed by atoms with Crippen LogP contribution in [0.15, 0.2) is 45.3 Å². The molecule has 148 valence electrons. The van der Waals surface area contributed by atoms with E-state index in [9.17, 15) is 0 Å². The molecule has 1 aliphatic carbocycles. The highest BCUT2D eigenvalue weighted by Crippen LogP contribution is 2.52. The molecule has 1 saturated heterocycles. The summed E-state index contributed by atoms with van der Waals surface area (Å²) in [7, 11) is 0. The molecule has 3 heterocycles. The fourth-order valence-electron chi connectivity index (χ4n) is 4.24. The van der Waals surface area contributed by atoms with Crippen molar-refractivity contribution in [3.8, 4) is 0 Å². The van der Waals surface area contributed by atoms with E-state index in [1.807, 2.05) is 12.1 Å². The van der Waals surface area contributed by atoms with Gasteiger partial charge in [0, 0.05) is 41.8 Å². The van der Waals surface area contributed by atoms with E-state index in [-0.39, 0.29) is 29.4 Å². The number of halogens is 1. The Bertz CT molecular complexity index is 731. The molecule has 2 aromatic heterocycles. The van der Waals surface area contributed by atoms with Gasteiger partial charge in [0.05, 0.1) is 18.9 Å². The zero-order valence-corrected chi connectivity index (χ0v) is 19.0. The molecule has 0 aromatic carbocycles. The lowest BCUT2D eigenvalue weighted by atomic mass is 9.57. The third-order valence-corrected chi connectivity index (χ3v) is 6.47. The molecule has 2 N–H and O–H groups in total. The maximum atomic E-state index is 5.92. The van der Waals surface area contributed by atoms with Crippen LogP contribution in [-0.4, -0.2) is 31.3 Å². The van der Waals surface area contributed by atoms with Crippen molar-refractivity contribution < 1.29 is 9.15 Å². The van der Waals surface area contributed by atoms with Gasteiger partial charge >= 0.3 is 0 Å². The van der Waals surface area contributed by atoms with Gasteiger partial charge in [0.1, 0.15) is 5.76 Å². The minimum Gasteiger partial charge on any atom is -0.469 e. The number of nitrogens with zero attached hydrogens (tertiary/aromatic N) is 1. The third kappa shape index (κ3) is 4.51. The average Bonchev–Trinajstić information content (AvgIpc) is 3.38. The van der Waals surface area contributed by atoms with Crippen LogP contribution in [0.3, 0.4) is 0 Å². The third-order valence-electron chi connectivity index (χ3n) is 5.61. The summed E-state index contributed by atoms with van der Waals surface area (Å²) in [5, 5.41) is 9.27. The largest absolute Gasteiger partial charge is 0.469 e. The Kier molecular flexibility index (Phi) is 6.86. The number of fused-ring (bicyclic) bond motifs is 1. The molecule has 2 aliphatic rings. The van der Waals surface area contributed by atoms with Crippen LogP contribution in [0.1, 0.15) is 30.9 Å². The highest BCUT2D eigenvalue weighted by Gasteiger charge is 2.59. The molecule has 5 nitrogen and oxygen atoms in total. The van der Waals surface area contributed by atoms with Crippen LogP contribution in [0, 0.1) is 11.3 Å². The zero-order chi connectivity index (χ0) is 18.0. The van der Waals surface area contributed by atoms with Crippen LogP contribution in [0.2, 0.25) is 0 Å². The van der Waals surface area contributed by atoms with Crippen molar-refractivity contribution in [2.24, 2.45) is 16.3 Å². The van der Waals surface area contributed by atoms with Gasteiger partial charge in [-0.25, -0.2) is 4.99 Å². The Hall–Kier alpha value is -1.06. The lowest BCUT2D eigenvalue weighted by Crippen LogP contribution is -2.68. The van der Waals surface area contributed by atoms with Crippen LogP contribution in [0.4, 0.5) is 0 Å². The Morgan fingerprint density at radius 3 is 2.96 bits per heavy atom. The van der Waals surface area contributed by atoms with Crippen molar-refractivity contribution in [3.05, 3.63) is 46.5 Å². The lowest BCUT2D eigenvalue weighted by molar-refractivity contribution is -0.106. The predicted octanol–water partition coefficient (Wildman–Crippen LogP) is 4.05. The van der Waals surface area contributed by atoms with Crippen LogP contribution < -0.4 is 10.6 Å². The maximum absolute atomic E-state index is 5.92. The Morgan fingerprint density at radius 1 is 1.33 bits per heavy atom. The zero-order valence-electron chi connectivity index (χ0n) is 15.8. The molecule has 2 aromatic rings. The number of guanidine groups is 1. The molecule has 0 radical (unpaired) electrons. The number of hydrogen-bond acceptors (Lipinski definition) is 4. The minimum atomic E-state index is 0. The van der Waals surface area contributed by atoms with Crippen molar-refractivity contribution in [2.45, 2.75) is 45.4 Å². The molecule has 0 amide bonds. The van der Waals surface area contributed by atoms with E-state index in [0.717, 1.165) is 37.7 Å². The predicted molar refractivity (Wildman–Crippen MR) is 120 cm³/mol. The summed E-state index contributed by atoms with van der Waals surface area (Å²) in [6.07, 6.45) is 4.07. The first kappa shape index (κ1) is 20.7. The molecule has 1 aliphatic heterocycles. The highest BCUT2D eigenvalue weighted by molar-refractivity contribution is 14.0. The number of ether oxygens (including phenoxy) is 1. The summed E-state index contributed by atoms with van der Waals surface area (Å²) in [6, 6.07) is 8.53. The number of thiophene rings is 1. The monoisotopic (exact) mass is 501 g/mol. The summed E-state index contributed by atoms with van der Waals surface area (Å²) >= 11 is 1.74. The summed E-state index contributed by atoms with van der Waals surface area (Å²) in [5.74, 6) is 2.46. The van der Waals surface area contributed by atoms with Gasteiger partial charge in [0.2, 0.25) is 0 Å². The molecule has 0 spiro atoms. The van der Waals surface area contributed by atoms with Crippen molar-refractivity contribution in [1.29, 1.82) is 0 Å². The highest BCUT2D eigenvalue weighted by atomic mass is 127. The lowest BCUT2D eigenvalue weighted by Gasteiger charge is -2.54. The summed E-state index contributed by atoms with van der Waals surface area (Å²) in [6.45, 7) is 6.95. The first-order chi connectivity index (χ1) is 12.6. The second-order valence-corrected chi connectivity index (χ2v) is 8.72. The van der Waals surface area contributed by atoms with Gasteiger partial charge in [-0.1, -0.05) is 19.9 Å². The Labute approximate surface area is 182 Å². The molecule has 1 saturated carbocycles. The van der Waals surface area contributed by atoms with Crippen molar-refractivity contribution >= 4 is 41.3 Å². The van der Waals surface area contributed by atoms with Gasteiger partial charge in [0.25, 0.3) is 0 Å². The number of hydrogen-bond donors (Lipinski definition) is 2. The Morgan fingerprint density at radius 2 is 2.22 bits per heavy atom. The van der Waals surface area contributed by atoms with Crippen LogP contribution >= 0.6 is 35.3 Å². The first-order valence-electron chi connectivity index (χ1n) is 9.36. The van der Waals surface area contributed by atoms with Gasteiger partial charge in [-0.15, -0.1) is 35.3 Å². The van der Waals surface area contributed by atoms with Crippen LogP contribution in [-0.2, 0) is 17.7 Å². The number of rotatable bonds is 6. The van der Waals surface area contributed by atoms with E-state index in [0.29, 0.717) is 24.6 Å². The summed E-state index contributed by atoms with van der Waals surface area (Å²) in [5.41, 5.74) is 0.132. The molecule has 3 unspecified atom stereocenters. The van der Waals surface area contributed by atoms with Crippen molar-refractivity contribution in [1.82, 2.24) is 10.6 Å². The van der Waals surface area contributed by atoms with E-state index in [1.165, 1.54) is 4.88 Å².